The number of aromatic nitrogens is 2. The summed E-state index contributed by atoms with van der Waals surface area (Å²) in [5.74, 6) is 1.06. The Kier molecular flexibility index (Phi) is 15.1. The van der Waals surface area contributed by atoms with E-state index in [1.165, 1.54) is 43.3 Å². The summed E-state index contributed by atoms with van der Waals surface area (Å²) in [6.45, 7) is 4.45. The molecule has 303 valence electrons. The molecule has 5 aromatic carbocycles. The molecule has 59 heavy (non-hydrogen) atoms. The van der Waals surface area contributed by atoms with Crippen molar-refractivity contribution in [1.29, 1.82) is 0 Å². The van der Waals surface area contributed by atoms with Gasteiger partial charge in [-0.3, -0.25) is 4.79 Å². The third-order valence-electron chi connectivity index (χ3n) is 9.03. The van der Waals surface area contributed by atoms with Crippen LogP contribution in [0.25, 0.3) is 22.0 Å². The molecule has 0 atom stereocenters. The summed E-state index contributed by atoms with van der Waals surface area (Å²) in [7, 11) is 2.44. The zero-order valence-corrected chi connectivity index (χ0v) is 35.1. The first-order chi connectivity index (χ1) is 28.1. The maximum absolute atomic E-state index is 12.8. The number of hydrogen-bond donors (Lipinski definition) is 0. The molecule has 0 fully saturated rings. The molecule has 11 nitrogen and oxygen atoms in total. The Morgan fingerprint density at radius 1 is 0.661 bits per heavy atom. The Balaban J connectivity index is 0.000000322. The smallest absolute Gasteiger partial charge is 0.513 e. The second-order valence-electron chi connectivity index (χ2n) is 13.2. The van der Waals surface area contributed by atoms with Gasteiger partial charge < -0.3 is 38.4 Å². The van der Waals surface area contributed by atoms with E-state index in [-0.39, 0.29) is 56.1 Å². The van der Waals surface area contributed by atoms with Gasteiger partial charge in [-0.05, 0) is 70.1 Å². The number of hydrogen-bond acceptors (Lipinski definition) is 10. The summed E-state index contributed by atoms with van der Waals surface area (Å²) >= 11 is 0. The first-order valence-electron chi connectivity index (χ1n) is 18.2. The van der Waals surface area contributed by atoms with Crippen LogP contribution in [0, 0.1) is 6.07 Å². The van der Waals surface area contributed by atoms with Crippen molar-refractivity contribution < 1.29 is 62.9 Å². The molecule has 0 bridgehead atoms. The van der Waals surface area contributed by atoms with E-state index in [4.69, 9.17) is 18.9 Å². The SMILES string of the molecule is COC(=O)Oc1cc(OCCOc2cccc(C(C)(C)c3cccc(OC(=O)OC)c3)c2)cc(C(=O)c2ccc[n-]2)c1.[Ir].[c-]1ccccc1-c1nccc2ccccc12. The molecule has 12 heteroatoms. The van der Waals surface area contributed by atoms with Crippen LogP contribution in [0.15, 0.2) is 146 Å². The Morgan fingerprint density at radius 2 is 1.31 bits per heavy atom. The molecule has 7 aromatic rings. The number of benzene rings is 5. The second-order valence-corrected chi connectivity index (χ2v) is 13.2. The van der Waals surface area contributed by atoms with Crippen molar-refractivity contribution in [2.24, 2.45) is 0 Å². The van der Waals surface area contributed by atoms with Gasteiger partial charge in [0.1, 0.15) is 36.2 Å². The molecule has 2 aromatic heterocycles. The van der Waals surface area contributed by atoms with Gasteiger partial charge in [0.2, 0.25) is 0 Å². The van der Waals surface area contributed by atoms with Crippen molar-refractivity contribution in [3.05, 3.63) is 174 Å². The molecule has 2 heterocycles. The summed E-state index contributed by atoms with van der Waals surface area (Å²) in [6, 6.07) is 44.0. The zero-order valence-electron chi connectivity index (χ0n) is 32.7. The zero-order chi connectivity index (χ0) is 40.9. The number of rotatable bonds is 12. The van der Waals surface area contributed by atoms with Gasteiger partial charge in [0.15, 0.2) is 5.78 Å². The van der Waals surface area contributed by atoms with Crippen LogP contribution in [-0.4, -0.2) is 50.5 Å². The number of nitrogens with zero attached hydrogens (tertiary/aromatic N) is 2. The first kappa shape index (κ1) is 43.4. The average Bonchev–Trinajstić information content (AvgIpc) is 3.81. The van der Waals surface area contributed by atoms with E-state index in [2.05, 4.69) is 51.5 Å². The molecule has 0 unspecified atom stereocenters. The molecule has 1 radical (unpaired) electrons. The maximum atomic E-state index is 12.8. The number of pyridine rings is 1. The van der Waals surface area contributed by atoms with Gasteiger partial charge >= 0.3 is 12.3 Å². The summed E-state index contributed by atoms with van der Waals surface area (Å²) in [6.07, 6.45) is 1.65. The van der Waals surface area contributed by atoms with E-state index >= 15 is 0 Å². The number of methoxy groups -OCH3 is 2. The van der Waals surface area contributed by atoms with E-state index in [0.29, 0.717) is 17.2 Å². The molecular weight excluding hydrogens is 929 g/mol. The quantitative estimate of drug-likeness (QED) is 0.0381. The van der Waals surface area contributed by atoms with Crippen molar-refractivity contribution in [2.45, 2.75) is 19.3 Å². The van der Waals surface area contributed by atoms with Crippen molar-refractivity contribution in [1.82, 2.24) is 9.97 Å². The predicted octanol–water partition coefficient (Wildman–Crippen LogP) is 9.65. The van der Waals surface area contributed by atoms with Crippen LogP contribution in [0.3, 0.4) is 0 Å². The first-order valence-corrected chi connectivity index (χ1v) is 18.2. The fourth-order valence-electron chi connectivity index (χ4n) is 5.99. The number of fused-ring (bicyclic) bond motifs is 1. The van der Waals surface area contributed by atoms with Crippen molar-refractivity contribution in [2.75, 3.05) is 27.4 Å². The fourth-order valence-corrected chi connectivity index (χ4v) is 5.99. The Morgan fingerprint density at radius 3 is 1.98 bits per heavy atom. The van der Waals surface area contributed by atoms with Crippen LogP contribution in [0.4, 0.5) is 9.59 Å². The Labute approximate surface area is 355 Å². The minimum atomic E-state index is -0.925. The number of carbonyl (C=O) groups excluding carboxylic acids is 3. The second kappa shape index (κ2) is 20.6. The van der Waals surface area contributed by atoms with Crippen LogP contribution >= 0.6 is 0 Å². The van der Waals surface area contributed by atoms with Crippen molar-refractivity contribution in [3.63, 3.8) is 0 Å². The monoisotopic (exact) mass is 969 g/mol. The van der Waals surface area contributed by atoms with E-state index in [0.717, 1.165) is 22.4 Å². The summed E-state index contributed by atoms with van der Waals surface area (Å²) in [4.78, 5) is 44.5. The molecule has 7 rings (SSSR count). The molecule has 0 spiro atoms. The van der Waals surface area contributed by atoms with Crippen molar-refractivity contribution in [3.8, 4) is 34.3 Å². The van der Waals surface area contributed by atoms with E-state index in [1.807, 2.05) is 85.1 Å². The van der Waals surface area contributed by atoms with E-state index in [1.54, 1.807) is 30.3 Å². The van der Waals surface area contributed by atoms with Gasteiger partial charge in [0, 0.05) is 43.3 Å². The van der Waals surface area contributed by atoms with Crippen LogP contribution < -0.4 is 23.9 Å². The minimum absolute atomic E-state index is 0. The normalized spacial score (nSPS) is 10.6. The summed E-state index contributed by atoms with van der Waals surface area (Å²) < 4.78 is 31.2. The molecule has 0 saturated heterocycles. The molecular formula is C47H40IrN2O9-2. The largest absolute Gasteiger partial charge is 0.661 e. The molecule has 0 aliphatic heterocycles. The van der Waals surface area contributed by atoms with E-state index < -0.39 is 17.7 Å². The van der Waals surface area contributed by atoms with Crippen LogP contribution in [0.5, 0.6) is 23.0 Å². The third kappa shape index (κ3) is 11.4. The Hall–Kier alpha value is -6.75. The third-order valence-corrected chi connectivity index (χ3v) is 9.03. The number of carbonyl (C=O) groups is 3. The minimum Gasteiger partial charge on any atom is -0.661 e. The topological polar surface area (TPSA) is 134 Å². The van der Waals surface area contributed by atoms with Crippen LogP contribution in [0.2, 0.25) is 0 Å². The fraction of sp³-hybridized carbons (Fsp3) is 0.149. The standard InChI is InChI=1S/C32H31NO9.C15H10N.Ir/c1-32(2,23-9-6-11-25(19-23)41-30(35)37-3)22-8-5-10-24(18-22)39-14-15-40-26-16-21(29(34)28-12-7-13-33-28)17-27(20-26)42-31(36)38-4;1-2-7-13(8-3-1)15-14-9-5-4-6-12(14)10-11-16-15;/h5-13,16-20H,14-15H2,1-4H3,(H,33,34);1-7,9-11H;/q;-1;/p-1. The van der Waals surface area contributed by atoms with Gasteiger partial charge in [-0.15, -0.1) is 35.9 Å². The van der Waals surface area contributed by atoms with Gasteiger partial charge in [0.05, 0.1) is 14.2 Å². The molecule has 0 aliphatic carbocycles. The van der Waals surface area contributed by atoms with Gasteiger partial charge in [-0.25, -0.2) is 9.59 Å². The van der Waals surface area contributed by atoms with Gasteiger partial charge in [0.25, 0.3) is 0 Å². The summed E-state index contributed by atoms with van der Waals surface area (Å²) in [5.41, 5.74) is 4.00. The molecule has 0 N–H and O–H groups in total. The van der Waals surface area contributed by atoms with Gasteiger partial charge in [-0.2, -0.15) is 6.20 Å². The molecule has 0 aliphatic rings. The van der Waals surface area contributed by atoms with Crippen molar-refractivity contribution >= 4 is 28.9 Å². The Bertz CT molecular complexity index is 2480. The number of ketones is 1. The van der Waals surface area contributed by atoms with Crippen LogP contribution in [-0.2, 0) is 35.0 Å². The summed E-state index contributed by atoms with van der Waals surface area (Å²) in [5, 5.41) is 2.39. The number of ether oxygens (including phenoxy) is 6. The average molecular weight is 969 g/mol. The van der Waals surface area contributed by atoms with Crippen LogP contribution in [0.1, 0.15) is 41.0 Å². The predicted molar refractivity (Wildman–Crippen MR) is 218 cm³/mol. The maximum Gasteiger partial charge on any atom is 0.513 e. The molecule has 0 saturated carbocycles. The van der Waals surface area contributed by atoms with Gasteiger partial charge in [-0.1, -0.05) is 80.2 Å². The van der Waals surface area contributed by atoms with E-state index in [9.17, 15) is 14.4 Å². The molecule has 0 amide bonds.